The van der Waals surface area contributed by atoms with Gasteiger partial charge >= 0.3 is 0 Å². The van der Waals surface area contributed by atoms with Crippen molar-refractivity contribution in [2.45, 2.75) is 0 Å². The molecule has 0 saturated carbocycles. The van der Waals surface area contributed by atoms with Gasteiger partial charge in [0, 0.05) is 131 Å². The Morgan fingerprint density at radius 3 is 0.891 bits per heavy atom. The largest absolute Gasteiger partial charge is 0.456 e. The van der Waals surface area contributed by atoms with E-state index in [9.17, 15) is 0 Å². The van der Waals surface area contributed by atoms with Crippen LogP contribution in [0.25, 0.3) is 246 Å². The average Bonchev–Trinajstić information content (AvgIpc) is 1.55. The van der Waals surface area contributed by atoms with Crippen LogP contribution in [0.3, 0.4) is 0 Å². The van der Waals surface area contributed by atoms with Gasteiger partial charge in [0.2, 0.25) is 0 Å². The number of hydrogen-bond donors (Lipinski definition) is 0. The maximum Gasteiger partial charge on any atom is 0.137 e. The first kappa shape index (κ1) is 82.4. The van der Waals surface area contributed by atoms with Crippen molar-refractivity contribution in [3.63, 3.8) is 0 Å². The number of furan rings is 2. The minimum atomic E-state index is 0.881. The molecule has 0 amide bonds. The molecular weight excluding hydrogens is 1810 g/mol. The van der Waals surface area contributed by atoms with Crippen LogP contribution in [0.1, 0.15) is 0 Å². The fourth-order valence-corrected chi connectivity index (χ4v) is 25.9. The van der Waals surface area contributed by atoms with Crippen LogP contribution in [0.5, 0.6) is 0 Å². The summed E-state index contributed by atoms with van der Waals surface area (Å²) in [5, 5.41) is 22.8. The molecule has 9 heteroatoms. The van der Waals surface area contributed by atoms with Gasteiger partial charge < -0.3 is 37.2 Å². The van der Waals surface area contributed by atoms with E-state index in [1.165, 1.54) is 185 Å². The lowest BCUT2D eigenvalue weighted by Crippen LogP contribution is -2.10. The summed E-state index contributed by atoms with van der Waals surface area (Å²) in [6, 6.07) is 185. The van der Waals surface area contributed by atoms with Crippen molar-refractivity contribution in [1.82, 2.24) is 13.7 Å². The van der Waals surface area contributed by atoms with Crippen LogP contribution in [0.2, 0.25) is 0 Å². The predicted molar refractivity (Wildman–Crippen MR) is 620 cm³/mol. The summed E-state index contributed by atoms with van der Waals surface area (Å²) in [6.07, 6.45) is 0. The van der Waals surface area contributed by atoms with Crippen LogP contribution in [0.15, 0.2) is 518 Å². The highest BCUT2D eigenvalue weighted by Gasteiger charge is 2.32. The van der Waals surface area contributed by atoms with E-state index in [4.69, 9.17) is 8.83 Å². The highest BCUT2D eigenvalue weighted by atomic mass is 32.1. The van der Waals surface area contributed by atoms with Crippen molar-refractivity contribution in [2.75, 3.05) is 14.7 Å². The molecule has 8 nitrogen and oxygen atoms in total. The maximum atomic E-state index is 6.31. The lowest BCUT2D eigenvalue weighted by molar-refractivity contribution is 0.668. The lowest BCUT2D eigenvalue weighted by Gasteiger charge is -2.26. The molecule has 0 bridgehead atoms. The number of para-hydroxylation sites is 5. The lowest BCUT2D eigenvalue weighted by atomic mass is 9.93. The van der Waals surface area contributed by atoms with Gasteiger partial charge in [0.15, 0.2) is 0 Å². The molecule has 0 saturated heterocycles. The summed E-state index contributed by atoms with van der Waals surface area (Å²) < 4.78 is 22.5. The second kappa shape index (κ2) is 32.6. The third-order valence-corrected chi connectivity index (χ3v) is 32.1. The second-order valence-corrected chi connectivity index (χ2v) is 39.8. The van der Waals surface area contributed by atoms with Crippen molar-refractivity contribution in [1.29, 1.82) is 0 Å². The summed E-state index contributed by atoms with van der Waals surface area (Å²) >= 11 is 1.86. The summed E-state index contributed by atoms with van der Waals surface area (Å²) in [5.41, 5.74) is 39.8. The molecule has 33 rings (SSSR count). The molecule has 0 spiro atoms. The molecule has 0 radical (unpaired) electrons. The number of rotatable bonds is 12. The number of aromatic nitrogens is 3. The molecule has 0 fully saturated rings. The third-order valence-electron chi connectivity index (χ3n) is 30.9. The van der Waals surface area contributed by atoms with Gasteiger partial charge in [-0.1, -0.05) is 297 Å². The zero-order valence-electron chi connectivity index (χ0n) is 79.4. The third kappa shape index (κ3) is 12.6. The van der Waals surface area contributed by atoms with Gasteiger partial charge in [-0.2, -0.15) is 0 Å². The predicted octanol–water partition coefficient (Wildman–Crippen LogP) is 39.3. The zero-order chi connectivity index (χ0) is 96.2. The maximum absolute atomic E-state index is 6.31. The minimum absolute atomic E-state index is 0.881. The van der Waals surface area contributed by atoms with Crippen LogP contribution < -0.4 is 14.7 Å². The molecule has 684 valence electrons. The molecular formula is C138H84N6O2S. The van der Waals surface area contributed by atoms with E-state index in [0.29, 0.717) is 0 Å². The number of nitrogens with zero attached hydrogens (tertiary/aromatic N) is 6. The average molecular weight is 1890 g/mol. The minimum Gasteiger partial charge on any atom is -0.456 e. The van der Waals surface area contributed by atoms with E-state index in [0.717, 1.165) is 112 Å². The van der Waals surface area contributed by atoms with E-state index in [-0.39, 0.29) is 0 Å². The Balaban J connectivity index is 0.0000000999. The first-order chi connectivity index (χ1) is 73.0. The van der Waals surface area contributed by atoms with Gasteiger partial charge in [0.25, 0.3) is 0 Å². The molecule has 30 aromatic rings. The van der Waals surface area contributed by atoms with Crippen LogP contribution >= 0.6 is 11.3 Å². The molecule has 147 heavy (non-hydrogen) atoms. The fourth-order valence-electron chi connectivity index (χ4n) is 24.8. The first-order valence-corrected chi connectivity index (χ1v) is 51.1. The number of hydrogen-bond acceptors (Lipinski definition) is 6. The molecule has 3 aliphatic rings. The molecule has 6 aromatic heterocycles. The van der Waals surface area contributed by atoms with Crippen LogP contribution in [-0.4, -0.2) is 13.7 Å². The Morgan fingerprint density at radius 1 is 0.156 bits per heavy atom. The molecule has 24 aromatic carbocycles. The Kier molecular flexibility index (Phi) is 18.3. The normalized spacial score (nSPS) is 12.1. The number of benzene rings is 24. The van der Waals surface area contributed by atoms with Gasteiger partial charge in [0.05, 0.1) is 44.2 Å². The second-order valence-electron chi connectivity index (χ2n) is 38.7. The van der Waals surface area contributed by atoms with Gasteiger partial charge in [0.1, 0.15) is 22.3 Å². The van der Waals surface area contributed by atoms with Gasteiger partial charge in [-0.3, -0.25) is 0 Å². The highest BCUT2D eigenvalue weighted by Crippen LogP contribution is 2.57. The number of fused-ring (bicyclic) bond motifs is 18. The van der Waals surface area contributed by atoms with E-state index < -0.39 is 0 Å². The SMILES string of the molecule is c1ccc(N(c2ccc(-n3c4cccc5c4c4c6c(cccc6ccc43)-c3ccccc3-5)cc2)c2ccc3oc4ccccc4c3c2)cc1.c1ccc(N(c2ccc(-n3c4cccc5c4c4c6c(cccc6ccc43)-c3ccccc3-5)cc2)c2ccc3sc4ccccc4c3c2)cc1.c1ccc(N(c2ccc(-n3c4cccc5c4c4c6c(cccc6ccc43)-c3ccccc3-5)cc2)c2cccc3oc4ccccc4c23)cc1. The van der Waals surface area contributed by atoms with Gasteiger partial charge in [-0.05, 0) is 311 Å². The quantitative estimate of drug-likeness (QED) is 0.122. The Hall–Kier alpha value is -19.3. The Morgan fingerprint density at radius 2 is 0.449 bits per heavy atom. The summed E-state index contributed by atoms with van der Waals surface area (Å²) in [6.45, 7) is 0. The fraction of sp³-hybridized carbons (Fsp3) is 0. The monoisotopic (exact) mass is 1890 g/mol. The van der Waals surface area contributed by atoms with Gasteiger partial charge in [-0.25, -0.2) is 0 Å². The van der Waals surface area contributed by atoms with E-state index in [1.54, 1.807) is 0 Å². The van der Waals surface area contributed by atoms with Crippen molar-refractivity contribution >= 4 is 224 Å². The molecule has 0 unspecified atom stereocenters. The van der Waals surface area contributed by atoms with Crippen LogP contribution in [-0.2, 0) is 0 Å². The summed E-state index contributed by atoms with van der Waals surface area (Å²) in [7, 11) is 0. The van der Waals surface area contributed by atoms with E-state index >= 15 is 0 Å². The van der Waals surface area contributed by atoms with E-state index in [2.05, 4.69) is 514 Å². The van der Waals surface area contributed by atoms with Gasteiger partial charge in [-0.15, -0.1) is 11.3 Å². The standard InChI is InChI=1S/2C46H28N2O.C46H28N2S/c1-2-12-30(13-3-1)47(38-20-10-22-42-44(38)37-16-6-7-21-41(37)49-42)31-24-26-32(27-25-31)48-39-19-9-18-36-34-15-5-4-14-33(34)35-17-8-11-29-23-28-40(48)46(43(29)35)45(36)39;2*1-2-11-30(12-3-1)47(33-25-27-43-39(28-33)36-15-6-7-19-42(36)49-43)31-21-23-32(24-22-31)48-40-18-9-17-38-35-14-5-4-13-34(35)37-16-8-10-29-20-26-41(48)46(44(29)37)45(38)40/h3*1-28H. The van der Waals surface area contributed by atoms with E-state index in [1.807, 2.05) is 35.6 Å². The van der Waals surface area contributed by atoms with Crippen molar-refractivity contribution < 1.29 is 8.83 Å². The molecule has 0 N–H and O–H groups in total. The topological polar surface area (TPSA) is 50.8 Å². The summed E-state index contributed by atoms with van der Waals surface area (Å²) in [5.74, 6) is 0. The zero-order valence-corrected chi connectivity index (χ0v) is 80.2. The highest BCUT2D eigenvalue weighted by molar-refractivity contribution is 7.25. The number of anilines is 9. The molecule has 0 aliphatic heterocycles. The van der Waals surface area contributed by atoms with Crippen molar-refractivity contribution in [3.05, 3.63) is 510 Å². The van der Waals surface area contributed by atoms with Crippen LogP contribution in [0.4, 0.5) is 51.2 Å². The van der Waals surface area contributed by atoms with Crippen LogP contribution in [0, 0.1) is 0 Å². The smallest absolute Gasteiger partial charge is 0.137 e. The van der Waals surface area contributed by atoms with Crippen molar-refractivity contribution in [2.24, 2.45) is 0 Å². The molecule has 6 heterocycles. The summed E-state index contributed by atoms with van der Waals surface area (Å²) in [4.78, 5) is 7.03. The Labute approximate surface area is 848 Å². The molecule has 0 atom stereocenters. The Bertz CT molecular complexity index is 10300. The molecule has 3 aliphatic carbocycles. The first-order valence-electron chi connectivity index (χ1n) is 50.3. The van der Waals surface area contributed by atoms with Crippen molar-refractivity contribution in [3.8, 4) is 83.8 Å². The number of thiophene rings is 1.